The second kappa shape index (κ2) is 7.17. The number of benzene rings is 1. The highest BCUT2D eigenvalue weighted by molar-refractivity contribution is 5.77. The SMILES string of the molecule is O=C(O)CCCC(=O)N1CCOC(c2ccc(F)cc2)C1. The van der Waals surface area contributed by atoms with Crippen LogP contribution in [0.1, 0.15) is 30.9 Å². The smallest absolute Gasteiger partial charge is 0.303 e. The van der Waals surface area contributed by atoms with Gasteiger partial charge in [-0.3, -0.25) is 9.59 Å². The molecule has 1 unspecified atom stereocenters. The topological polar surface area (TPSA) is 66.8 Å². The molecule has 1 amide bonds. The quantitative estimate of drug-likeness (QED) is 0.902. The van der Waals surface area contributed by atoms with Crippen LogP contribution in [0.4, 0.5) is 4.39 Å². The Morgan fingerprint density at radius 3 is 2.67 bits per heavy atom. The Balaban J connectivity index is 1.89. The van der Waals surface area contributed by atoms with E-state index in [0.29, 0.717) is 26.1 Å². The van der Waals surface area contributed by atoms with Crippen molar-refractivity contribution in [2.45, 2.75) is 25.4 Å². The van der Waals surface area contributed by atoms with Crippen molar-refractivity contribution in [3.05, 3.63) is 35.6 Å². The monoisotopic (exact) mass is 295 g/mol. The van der Waals surface area contributed by atoms with Crippen LogP contribution in [-0.4, -0.2) is 41.6 Å². The van der Waals surface area contributed by atoms with Gasteiger partial charge >= 0.3 is 5.97 Å². The summed E-state index contributed by atoms with van der Waals surface area (Å²) >= 11 is 0. The lowest BCUT2D eigenvalue weighted by atomic mass is 10.1. The van der Waals surface area contributed by atoms with Crippen LogP contribution in [0.2, 0.25) is 0 Å². The predicted octanol–water partition coefficient (Wildman–Crippen LogP) is 1.98. The second-order valence-electron chi connectivity index (χ2n) is 5.00. The molecule has 1 N–H and O–H groups in total. The van der Waals surface area contributed by atoms with Crippen molar-refractivity contribution in [2.24, 2.45) is 0 Å². The number of halogens is 1. The summed E-state index contributed by atoms with van der Waals surface area (Å²) in [5, 5.41) is 8.57. The third-order valence-electron chi connectivity index (χ3n) is 3.44. The summed E-state index contributed by atoms with van der Waals surface area (Å²) in [5.74, 6) is -1.27. The molecule has 1 heterocycles. The van der Waals surface area contributed by atoms with Gasteiger partial charge in [-0.2, -0.15) is 0 Å². The molecule has 0 bridgehead atoms. The van der Waals surface area contributed by atoms with Gasteiger partial charge in [0.05, 0.1) is 13.2 Å². The molecule has 0 radical (unpaired) electrons. The number of amides is 1. The maximum Gasteiger partial charge on any atom is 0.303 e. The zero-order chi connectivity index (χ0) is 15.2. The van der Waals surface area contributed by atoms with Gasteiger partial charge in [-0.05, 0) is 24.1 Å². The Bertz CT molecular complexity index is 503. The Morgan fingerprint density at radius 1 is 1.29 bits per heavy atom. The number of carbonyl (C=O) groups is 2. The summed E-state index contributed by atoms with van der Waals surface area (Å²) in [6.07, 6.45) is 0.301. The van der Waals surface area contributed by atoms with Crippen molar-refractivity contribution in [1.82, 2.24) is 4.90 Å². The highest BCUT2D eigenvalue weighted by Gasteiger charge is 2.25. The molecule has 1 aromatic rings. The number of carbonyl (C=O) groups excluding carboxylic acids is 1. The van der Waals surface area contributed by atoms with Crippen LogP contribution in [0.25, 0.3) is 0 Å². The summed E-state index contributed by atoms with van der Waals surface area (Å²) in [5.41, 5.74) is 0.833. The molecule has 1 saturated heterocycles. The fourth-order valence-electron chi connectivity index (χ4n) is 2.30. The lowest BCUT2D eigenvalue weighted by Crippen LogP contribution is -2.42. The summed E-state index contributed by atoms with van der Waals surface area (Å²) in [6, 6.07) is 6.04. The van der Waals surface area contributed by atoms with Crippen LogP contribution in [0.3, 0.4) is 0 Å². The van der Waals surface area contributed by atoms with Crippen LogP contribution >= 0.6 is 0 Å². The number of hydrogen-bond acceptors (Lipinski definition) is 3. The van der Waals surface area contributed by atoms with Crippen LogP contribution < -0.4 is 0 Å². The van der Waals surface area contributed by atoms with Gasteiger partial charge in [-0.1, -0.05) is 12.1 Å². The van der Waals surface area contributed by atoms with Gasteiger partial charge in [0.2, 0.25) is 5.91 Å². The third kappa shape index (κ3) is 4.53. The van der Waals surface area contributed by atoms with Crippen molar-refractivity contribution in [1.29, 1.82) is 0 Å². The summed E-state index contributed by atoms with van der Waals surface area (Å²) in [6.45, 7) is 1.34. The van der Waals surface area contributed by atoms with E-state index < -0.39 is 5.97 Å². The van der Waals surface area contributed by atoms with Gasteiger partial charge in [0, 0.05) is 19.4 Å². The van der Waals surface area contributed by atoms with E-state index in [1.54, 1.807) is 17.0 Å². The van der Waals surface area contributed by atoms with Crippen LogP contribution in [0.15, 0.2) is 24.3 Å². The number of aliphatic carboxylic acids is 1. The highest BCUT2D eigenvalue weighted by atomic mass is 19.1. The number of hydrogen-bond donors (Lipinski definition) is 1. The first-order chi connectivity index (χ1) is 10.1. The van der Waals surface area contributed by atoms with E-state index in [-0.39, 0.29) is 30.7 Å². The maximum absolute atomic E-state index is 12.9. The number of rotatable bonds is 5. The third-order valence-corrected chi connectivity index (χ3v) is 3.44. The van der Waals surface area contributed by atoms with Gasteiger partial charge < -0.3 is 14.7 Å². The Morgan fingerprint density at radius 2 is 2.00 bits per heavy atom. The lowest BCUT2D eigenvalue weighted by molar-refractivity contribution is -0.140. The molecule has 1 aliphatic heterocycles. The van der Waals surface area contributed by atoms with Crippen molar-refractivity contribution in [2.75, 3.05) is 19.7 Å². The molecule has 1 atom stereocenters. The van der Waals surface area contributed by atoms with Crippen molar-refractivity contribution in [3.63, 3.8) is 0 Å². The van der Waals surface area contributed by atoms with E-state index in [1.807, 2.05) is 0 Å². The van der Waals surface area contributed by atoms with E-state index in [9.17, 15) is 14.0 Å². The molecular weight excluding hydrogens is 277 g/mol. The van der Waals surface area contributed by atoms with Gasteiger partial charge in [-0.15, -0.1) is 0 Å². The van der Waals surface area contributed by atoms with Crippen LogP contribution in [-0.2, 0) is 14.3 Å². The average Bonchev–Trinajstić information content (AvgIpc) is 2.47. The Hall–Kier alpha value is -1.95. The lowest BCUT2D eigenvalue weighted by Gasteiger charge is -2.33. The Labute approximate surface area is 122 Å². The van der Waals surface area contributed by atoms with Gasteiger partial charge in [0.15, 0.2) is 0 Å². The van der Waals surface area contributed by atoms with E-state index >= 15 is 0 Å². The predicted molar refractivity (Wildman–Crippen MR) is 73.2 cm³/mol. The summed E-state index contributed by atoms with van der Waals surface area (Å²) in [4.78, 5) is 24.2. The average molecular weight is 295 g/mol. The molecule has 21 heavy (non-hydrogen) atoms. The van der Waals surface area contributed by atoms with Crippen LogP contribution in [0, 0.1) is 5.82 Å². The molecule has 0 spiro atoms. The van der Waals surface area contributed by atoms with Gasteiger partial charge in [0.1, 0.15) is 11.9 Å². The summed E-state index contributed by atoms with van der Waals surface area (Å²) in [7, 11) is 0. The molecule has 1 fully saturated rings. The second-order valence-corrected chi connectivity index (χ2v) is 5.00. The first-order valence-electron chi connectivity index (χ1n) is 6.93. The van der Waals surface area contributed by atoms with E-state index in [4.69, 9.17) is 9.84 Å². The molecule has 6 heteroatoms. The standard InChI is InChI=1S/C15H18FNO4/c16-12-6-4-11(5-7-12)13-10-17(8-9-21-13)14(18)2-1-3-15(19)20/h4-7,13H,1-3,8-10H2,(H,19,20). The Kier molecular flexibility index (Phi) is 5.27. The first-order valence-corrected chi connectivity index (χ1v) is 6.93. The van der Waals surface area contributed by atoms with Crippen molar-refractivity contribution < 1.29 is 23.8 Å². The number of carboxylic acid groups (broad SMARTS) is 1. The van der Waals surface area contributed by atoms with Crippen molar-refractivity contribution in [3.8, 4) is 0 Å². The molecule has 0 aromatic heterocycles. The number of nitrogens with zero attached hydrogens (tertiary/aromatic N) is 1. The molecule has 0 aliphatic carbocycles. The minimum absolute atomic E-state index is 0.00251. The van der Waals surface area contributed by atoms with E-state index in [2.05, 4.69) is 0 Å². The minimum Gasteiger partial charge on any atom is -0.481 e. The normalized spacial score (nSPS) is 18.5. The van der Waals surface area contributed by atoms with Crippen LogP contribution in [0.5, 0.6) is 0 Å². The van der Waals surface area contributed by atoms with E-state index in [0.717, 1.165) is 5.56 Å². The fraction of sp³-hybridized carbons (Fsp3) is 0.467. The molecular formula is C15H18FNO4. The maximum atomic E-state index is 12.9. The first kappa shape index (κ1) is 15.4. The number of carboxylic acids is 1. The van der Waals surface area contributed by atoms with E-state index in [1.165, 1.54) is 12.1 Å². The molecule has 2 rings (SSSR count). The van der Waals surface area contributed by atoms with Gasteiger partial charge in [-0.25, -0.2) is 4.39 Å². The molecule has 5 nitrogen and oxygen atoms in total. The molecule has 1 aliphatic rings. The summed E-state index contributed by atoms with van der Waals surface area (Å²) < 4.78 is 18.5. The molecule has 1 aromatic carbocycles. The molecule has 0 saturated carbocycles. The number of morpholine rings is 1. The molecule has 114 valence electrons. The zero-order valence-electron chi connectivity index (χ0n) is 11.6. The number of ether oxygens (including phenoxy) is 1. The zero-order valence-corrected chi connectivity index (χ0v) is 11.6. The fourth-order valence-corrected chi connectivity index (χ4v) is 2.30. The minimum atomic E-state index is -0.894. The highest BCUT2D eigenvalue weighted by Crippen LogP contribution is 2.23. The largest absolute Gasteiger partial charge is 0.481 e. The van der Waals surface area contributed by atoms with Crippen molar-refractivity contribution >= 4 is 11.9 Å². The van der Waals surface area contributed by atoms with Gasteiger partial charge in [0.25, 0.3) is 0 Å².